The molecule has 1 aliphatic rings. The highest BCUT2D eigenvalue weighted by Gasteiger charge is 2.25. The monoisotopic (exact) mass is 306 g/mol. The fourth-order valence-electron chi connectivity index (χ4n) is 3.21. The molecule has 0 unspecified atom stereocenters. The van der Waals surface area contributed by atoms with Crippen LogP contribution in [0.25, 0.3) is 5.52 Å². The Morgan fingerprint density at radius 1 is 1.22 bits per heavy atom. The minimum Gasteiger partial charge on any atom is -0.328 e. The van der Waals surface area contributed by atoms with Gasteiger partial charge in [-0.05, 0) is 72.2 Å². The fourth-order valence-corrected chi connectivity index (χ4v) is 3.74. The Hall–Kier alpha value is -0.800. The minimum absolute atomic E-state index is 0.413. The predicted molar refractivity (Wildman–Crippen MR) is 79.0 cm³/mol. The van der Waals surface area contributed by atoms with E-state index in [1.165, 1.54) is 34.1 Å². The third kappa shape index (κ3) is 1.90. The van der Waals surface area contributed by atoms with Crippen LogP contribution < -0.4 is 5.73 Å². The Morgan fingerprint density at radius 2 is 1.94 bits per heavy atom. The fraction of sp³-hybridized carbons (Fsp3) is 0.467. The van der Waals surface area contributed by atoms with Gasteiger partial charge in [0.25, 0.3) is 0 Å². The van der Waals surface area contributed by atoms with E-state index >= 15 is 0 Å². The van der Waals surface area contributed by atoms with Gasteiger partial charge in [-0.3, -0.25) is 0 Å². The molecule has 0 atom stereocenters. The molecule has 0 aromatic carbocycles. The number of nitrogens with zero attached hydrogens (tertiary/aromatic N) is 1. The summed E-state index contributed by atoms with van der Waals surface area (Å²) in [6.07, 6.45) is 6.92. The lowest BCUT2D eigenvalue weighted by molar-refractivity contribution is 0.388. The summed E-state index contributed by atoms with van der Waals surface area (Å²) >= 11 is 3.73. The third-order valence-corrected chi connectivity index (χ3v) is 5.22. The van der Waals surface area contributed by atoms with E-state index < -0.39 is 0 Å². The summed E-state index contributed by atoms with van der Waals surface area (Å²) < 4.78 is 3.59. The van der Waals surface area contributed by atoms with Crippen molar-refractivity contribution in [1.29, 1.82) is 0 Å². The zero-order valence-corrected chi connectivity index (χ0v) is 12.3. The van der Waals surface area contributed by atoms with Crippen molar-refractivity contribution in [3.8, 4) is 0 Å². The van der Waals surface area contributed by atoms with E-state index in [4.69, 9.17) is 5.73 Å². The van der Waals surface area contributed by atoms with Crippen molar-refractivity contribution in [3.05, 3.63) is 40.1 Å². The topological polar surface area (TPSA) is 30.4 Å². The van der Waals surface area contributed by atoms with E-state index in [1.807, 2.05) is 0 Å². The summed E-state index contributed by atoms with van der Waals surface area (Å²) in [6, 6.07) is 6.79. The summed E-state index contributed by atoms with van der Waals surface area (Å²) in [5.41, 5.74) is 10.2. The van der Waals surface area contributed by atoms with Crippen molar-refractivity contribution < 1.29 is 0 Å². The summed E-state index contributed by atoms with van der Waals surface area (Å²) in [5, 5.41) is 0. The van der Waals surface area contributed by atoms with Crippen molar-refractivity contribution >= 4 is 21.4 Å². The van der Waals surface area contributed by atoms with Crippen LogP contribution >= 0.6 is 15.9 Å². The van der Waals surface area contributed by atoms with Crippen LogP contribution in [0.4, 0.5) is 0 Å². The molecule has 1 fully saturated rings. The van der Waals surface area contributed by atoms with E-state index in [0.29, 0.717) is 12.0 Å². The quantitative estimate of drug-likeness (QED) is 0.848. The van der Waals surface area contributed by atoms with E-state index in [0.717, 1.165) is 12.8 Å². The summed E-state index contributed by atoms with van der Waals surface area (Å²) in [5.74, 6) is 0.658. The van der Waals surface area contributed by atoms with Gasteiger partial charge in [-0.15, -0.1) is 0 Å². The second-order valence-electron chi connectivity index (χ2n) is 5.39. The first kappa shape index (κ1) is 12.2. The number of nitrogens with two attached hydrogens (primary N) is 1. The number of aromatic nitrogens is 1. The smallest absolute Gasteiger partial charge is 0.0597 e. The maximum Gasteiger partial charge on any atom is 0.0597 e. The lowest BCUT2D eigenvalue weighted by Gasteiger charge is -2.26. The number of halogens is 1. The molecule has 0 radical (unpaired) electrons. The summed E-state index contributed by atoms with van der Waals surface area (Å²) in [7, 11) is 0. The molecule has 3 heteroatoms. The molecular formula is C15H19BrN2. The van der Waals surface area contributed by atoms with Gasteiger partial charge < -0.3 is 10.1 Å². The van der Waals surface area contributed by atoms with Crippen molar-refractivity contribution in [3.63, 3.8) is 0 Å². The third-order valence-electron chi connectivity index (χ3n) is 4.22. The van der Waals surface area contributed by atoms with Crippen molar-refractivity contribution in [2.24, 2.45) is 5.73 Å². The highest BCUT2D eigenvalue weighted by atomic mass is 79.9. The van der Waals surface area contributed by atoms with Crippen LogP contribution in [0.15, 0.2) is 28.9 Å². The average Bonchev–Trinajstić information content (AvgIpc) is 2.64. The first-order valence-electron chi connectivity index (χ1n) is 6.69. The molecule has 18 heavy (non-hydrogen) atoms. The lowest BCUT2D eigenvalue weighted by Crippen LogP contribution is -2.26. The van der Waals surface area contributed by atoms with Crippen LogP contribution in [0.2, 0.25) is 0 Å². The van der Waals surface area contributed by atoms with Crippen LogP contribution in [-0.2, 0) is 0 Å². The maximum absolute atomic E-state index is 6.01. The van der Waals surface area contributed by atoms with E-state index in [1.54, 1.807) is 0 Å². The van der Waals surface area contributed by atoms with E-state index in [2.05, 4.69) is 51.7 Å². The molecule has 2 aromatic rings. The van der Waals surface area contributed by atoms with Gasteiger partial charge in [-0.2, -0.15) is 0 Å². The Labute approximate surface area is 116 Å². The normalized spacial score (nSPS) is 24.6. The van der Waals surface area contributed by atoms with Gasteiger partial charge >= 0.3 is 0 Å². The molecule has 3 rings (SSSR count). The van der Waals surface area contributed by atoms with Gasteiger partial charge in [0.05, 0.1) is 5.52 Å². The number of rotatable bonds is 1. The predicted octanol–water partition coefficient (Wildman–Crippen LogP) is 4.00. The van der Waals surface area contributed by atoms with E-state index in [9.17, 15) is 0 Å². The first-order valence-corrected chi connectivity index (χ1v) is 7.48. The Kier molecular flexibility index (Phi) is 3.20. The SMILES string of the molecule is Cc1c(Br)c2ccccn2c1C1CCC(N)CC1. The molecule has 0 saturated heterocycles. The number of pyridine rings is 1. The molecule has 0 aliphatic heterocycles. The Balaban J connectivity index is 2.08. The highest BCUT2D eigenvalue weighted by molar-refractivity contribution is 9.10. The summed E-state index contributed by atoms with van der Waals surface area (Å²) in [4.78, 5) is 0. The van der Waals surface area contributed by atoms with Gasteiger partial charge in [-0.1, -0.05) is 6.07 Å². The molecule has 0 amide bonds. The lowest BCUT2D eigenvalue weighted by atomic mass is 9.83. The number of hydrogen-bond acceptors (Lipinski definition) is 1. The molecule has 2 heterocycles. The van der Waals surface area contributed by atoms with Crippen LogP contribution in [0.5, 0.6) is 0 Å². The molecule has 0 spiro atoms. The van der Waals surface area contributed by atoms with Crippen molar-refractivity contribution in [2.45, 2.75) is 44.6 Å². The van der Waals surface area contributed by atoms with E-state index in [-0.39, 0.29) is 0 Å². The zero-order valence-electron chi connectivity index (χ0n) is 10.7. The van der Waals surface area contributed by atoms with Gasteiger partial charge in [0, 0.05) is 22.4 Å². The standard InChI is InChI=1S/C15H19BrN2/c1-10-14(16)13-4-2-3-9-18(13)15(10)11-5-7-12(17)8-6-11/h2-4,9,11-12H,5-8,17H2,1H3. The zero-order chi connectivity index (χ0) is 12.7. The minimum atomic E-state index is 0.413. The molecular weight excluding hydrogens is 288 g/mol. The molecule has 2 nitrogen and oxygen atoms in total. The van der Waals surface area contributed by atoms with Gasteiger partial charge in [0.15, 0.2) is 0 Å². The van der Waals surface area contributed by atoms with Gasteiger partial charge in [0.2, 0.25) is 0 Å². The maximum atomic E-state index is 6.01. The highest BCUT2D eigenvalue weighted by Crippen LogP contribution is 2.38. The first-order chi connectivity index (χ1) is 8.68. The second kappa shape index (κ2) is 4.71. The Morgan fingerprint density at radius 3 is 2.67 bits per heavy atom. The van der Waals surface area contributed by atoms with Crippen LogP contribution in [0.1, 0.15) is 42.9 Å². The molecule has 1 saturated carbocycles. The van der Waals surface area contributed by atoms with Gasteiger partial charge in [-0.25, -0.2) is 0 Å². The molecule has 1 aliphatic carbocycles. The van der Waals surface area contributed by atoms with Crippen LogP contribution in [0, 0.1) is 6.92 Å². The van der Waals surface area contributed by atoms with Crippen LogP contribution in [0.3, 0.4) is 0 Å². The average molecular weight is 307 g/mol. The number of hydrogen-bond donors (Lipinski definition) is 1. The second-order valence-corrected chi connectivity index (χ2v) is 6.18. The van der Waals surface area contributed by atoms with Crippen LogP contribution in [-0.4, -0.2) is 10.4 Å². The molecule has 2 N–H and O–H groups in total. The molecule has 96 valence electrons. The van der Waals surface area contributed by atoms with Crippen molar-refractivity contribution in [2.75, 3.05) is 0 Å². The van der Waals surface area contributed by atoms with Gasteiger partial charge in [0.1, 0.15) is 0 Å². The summed E-state index contributed by atoms with van der Waals surface area (Å²) in [6.45, 7) is 2.22. The Bertz CT molecular complexity index is 565. The molecule has 0 bridgehead atoms. The number of fused-ring (bicyclic) bond motifs is 1. The molecule has 2 aromatic heterocycles. The van der Waals surface area contributed by atoms with Crippen molar-refractivity contribution in [1.82, 2.24) is 4.40 Å². The largest absolute Gasteiger partial charge is 0.328 e.